The summed E-state index contributed by atoms with van der Waals surface area (Å²) >= 11 is -0.493. The molecule has 0 spiro atoms. The van der Waals surface area contributed by atoms with Gasteiger partial charge in [0, 0.05) is 14.2 Å². The van der Waals surface area contributed by atoms with Crippen molar-refractivity contribution in [3.8, 4) is 0 Å². The summed E-state index contributed by atoms with van der Waals surface area (Å²) in [6.07, 6.45) is 0. The molecule has 0 bridgehead atoms. The largest absolute Gasteiger partial charge is 0.522 e. The first-order chi connectivity index (χ1) is 18.9. The summed E-state index contributed by atoms with van der Waals surface area (Å²) in [6.45, 7) is 10.2. The van der Waals surface area contributed by atoms with E-state index in [1.165, 1.54) is 22.4 Å². The van der Waals surface area contributed by atoms with Crippen molar-refractivity contribution in [2.45, 2.75) is 44.1 Å². The molecule has 0 atom stereocenters. The van der Waals surface area contributed by atoms with Gasteiger partial charge in [0.2, 0.25) is 0 Å². The van der Waals surface area contributed by atoms with Crippen LogP contribution in [-0.4, -0.2) is 68.8 Å². The van der Waals surface area contributed by atoms with Gasteiger partial charge in [-0.25, -0.2) is 0 Å². The molecule has 42 heavy (non-hydrogen) atoms. The number of hydrogen-bond donors (Lipinski definition) is 2. The third-order valence-electron chi connectivity index (χ3n) is 4.53. The standard InChI is InChI=1S/C10H12.C8H9N.C4H10O2.2CHF3O3S.Mo/c1-10(2,3)9-7-5-4-6-8-9;1-6-4-3-5-7(2)8(6)9;1-5-3-4-6-2;2*2-1(3,4)8(5,6)7;/h1,4-8H,2-3H3;3-5H,1-2H3;3-4H2,1-2H3;2*(H,5,6,7);. The van der Waals surface area contributed by atoms with Crippen LogP contribution in [0.3, 0.4) is 0 Å². The summed E-state index contributed by atoms with van der Waals surface area (Å²) in [5.41, 5.74) is -5.86. The zero-order valence-electron chi connectivity index (χ0n) is 23.4. The van der Waals surface area contributed by atoms with Crippen LogP contribution in [0.15, 0.2) is 52.0 Å². The quantitative estimate of drug-likeness (QED) is 0.120. The topological polar surface area (TPSA) is 140 Å². The van der Waals surface area contributed by atoms with Crippen LogP contribution in [-0.2, 0) is 53.0 Å². The van der Waals surface area contributed by atoms with Crippen molar-refractivity contribution in [1.82, 2.24) is 0 Å². The van der Waals surface area contributed by atoms with Crippen LogP contribution in [0.4, 0.5) is 32.0 Å². The zero-order valence-corrected chi connectivity index (χ0v) is 27.0. The Hall–Kier alpha value is -1.88. The number of hydrogen-bond acceptors (Lipinski definition) is 7. The summed E-state index contributed by atoms with van der Waals surface area (Å²) in [5.74, 6) is 0. The van der Waals surface area contributed by atoms with Crippen LogP contribution in [0.25, 0.3) is 0 Å². The number of ether oxygens (including phenoxy) is 2. The van der Waals surface area contributed by atoms with E-state index in [1.807, 2.05) is 0 Å². The van der Waals surface area contributed by atoms with Gasteiger partial charge in [-0.2, -0.15) is 43.2 Å². The summed E-state index contributed by atoms with van der Waals surface area (Å²) in [5, 5.41) is 0. The van der Waals surface area contributed by atoms with E-state index in [-0.39, 0.29) is 5.41 Å². The summed E-state index contributed by atoms with van der Waals surface area (Å²) in [6, 6.07) is 17.1. The van der Waals surface area contributed by atoms with Crippen LogP contribution < -0.4 is 0 Å². The molecule has 0 aliphatic heterocycles. The first-order valence-electron chi connectivity index (χ1n) is 11.3. The van der Waals surface area contributed by atoms with Crippen LogP contribution in [0, 0.1) is 13.8 Å². The van der Waals surface area contributed by atoms with Crippen molar-refractivity contribution in [2.75, 3.05) is 27.4 Å². The predicted molar refractivity (Wildman–Crippen MR) is 142 cm³/mol. The van der Waals surface area contributed by atoms with E-state index in [0.29, 0.717) is 13.2 Å². The van der Waals surface area contributed by atoms with Gasteiger partial charge in [-0.05, 0) is 0 Å². The molecule has 2 N–H and O–H groups in total. The van der Waals surface area contributed by atoms with E-state index in [2.05, 4.69) is 90.1 Å². The average molecular weight is 738 g/mol. The van der Waals surface area contributed by atoms with Crippen molar-refractivity contribution in [3.63, 3.8) is 0 Å². The number of halogens is 6. The second kappa shape index (κ2) is 18.7. The zero-order chi connectivity index (χ0) is 33.4. The molecule has 2 aromatic carbocycles. The third-order valence-corrected chi connectivity index (χ3v) is 8.11. The molecular formula is C24H33F6MoNO8S2. The van der Waals surface area contributed by atoms with E-state index in [0.717, 1.165) is 0 Å². The van der Waals surface area contributed by atoms with Gasteiger partial charge >= 0.3 is 161 Å². The summed E-state index contributed by atoms with van der Waals surface area (Å²) < 4.78 is 132. The first kappa shape index (κ1) is 42.3. The van der Waals surface area contributed by atoms with Crippen molar-refractivity contribution in [2.24, 2.45) is 3.50 Å². The Bertz CT molecular complexity index is 1290. The number of aryl methyl sites for hydroxylation is 2. The smallest absolute Gasteiger partial charge is 0.279 e. The van der Waals surface area contributed by atoms with Gasteiger partial charge in [0.1, 0.15) is 0 Å². The van der Waals surface area contributed by atoms with Crippen molar-refractivity contribution >= 4 is 30.3 Å². The van der Waals surface area contributed by atoms with E-state index < -0.39 is 49.2 Å². The Morgan fingerprint density at radius 3 is 1.43 bits per heavy atom. The first-order valence-corrected chi connectivity index (χ1v) is 16.2. The molecule has 2 aromatic rings. The summed E-state index contributed by atoms with van der Waals surface area (Å²) in [4.78, 5) is 0. The third kappa shape index (κ3) is 17.9. The molecule has 9 nitrogen and oxygen atoms in total. The SMILES string of the molecule is COCCOC.Cc1cccc(C)c1[N]=[Mo]=[CH]C(C)(C)c1ccccc1.O=S(=O)(O)C(F)(F)F.O=S(=O)(O)C(F)(F)F. The Labute approximate surface area is 249 Å². The van der Waals surface area contributed by atoms with Crippen LogP contribution in [0.5, 0.6) is 0 Å². The minimum absolute atomic E-state index is 0.101. The van der Waals surface area contributed by atoms with E-state index in [1.54, 1.807) is 14.2 Å². The molecule has 0 saturated heterocycles. The molecule has 0 saturated carbocycles. The Balaban J connectivity index is 0. The van der Waals surface area contributed by atoms with Crippen molar-refractivity contribution in [1.29, 1.82) is 0 Å². The molecule has 0 unspecified atom stereocenters. The fourth-order valence-electron chi connectivity index (χ4n) is 2.26. The molecule has 0 heterocycles. The monoisotopic (exact) mass is 739 g/mol. The van der Waals surface area contributed by atoms with Crippen LogP contribution in [0.1, 0.15) is 30.5 Å². The number of methoxy groups -OCH3 is 2. The van der Waals surface area contributed by atoms with E-state index in [9.17, 15) is 26.3 Å². The molecule has 0 aliphatic rings. The van der Waals surface area contributed by atoms with E-state index >= 15 is 0 Å². The molecule has 0 aliphatic carbocycles. The van der Waals surface area contributed by atoms with Gasteiger partial charge in [0.25, 0.3) is 0 Å². The molecule has 242 valence electrons. The van der Waals surface area contributed by atoms with Crippen molar-refractivity contribution in [3.05, 3.63) is 65.2 Å². The Morgan fingerprint density at radius 2 is 1.12 bits per heavy atom. The van der Waals surface area contributed by atoms with Crippen molar-refractivity contribution < 1.29 is 79.7 Å². The average Bonchev–Trinajstić information content (AvgIpc) is 2.84. The maximum Gasteiger partial charge on any atom is 0.522 e. The number of alkyl halides is 6. The Morgan fingerprint density at radius 1 is 0.762 bits per heavy atom. The van der Waals surface area contributed by atoms with Crippen LogP contribution >= 0.6 is 0 Å². The fraction of sp³-hybridized carbons (Fsp3) is 0.458. The van der Waals surface area contributed by atoms with Gasteiger partial charge in [-0.1, -0.05) is 0 Å². The molecule has 0 aromatic heterocycles. The normalized spacial score (nSPS) is 11.9. The van der Waals surface area contributed by atoms with Gasteiger partial charge < -0.3 is 9.47 Å². The second-order valence-electron chi connectivity index (χ2n) is 8.47. The maximum absolute atomic E-state index is 10.7. The minimum atomic E-state index is -5.84. The number of benzene rings is 2. The molecule has 2 rings (SSSR count). The predicted octanol–water partition coefficient (Wildman–Crippen LogP) is 6.05. The van der Waals surface area contributed by atoms with Gasteiger partial charge in [-0.15, -0.1) is 0 Å². The molecule has 0 fully saturated rings. The molecule has 18 heteroatoms. The van der Waals surface area contributed by atoms with Gasteiger partial charge in [0.05, 0.1) is 13.2 Å². The Kier molecular flexibility index (Phi) is 18.8. The number of rotatable bonds is 6. The molecular weight excluding hydrogens is 704 g/mol. The maximum atomic E-state index is 10.7. The summed E-state index contributed by atoms with van der Waals surface area (Å²) in [7, 11) is -8.38. The van der Waals surface area contributed by atoms with Crippen LogP contribution in [0.2, 0.25) is 0 Å². The molecule has 0 radical (unpaired) electrons. The van der Waals surface area contributed by atoms with Gasteiger partial charge in [0.15, 0.2) is 0 Å². The van der Waals surface area contributed by atoms with E-state index in [4.69, 9.17) is 29.4 Å². The van der Waals surface area contributed by atoms with Gasteiger partial charge in [-0.3, -0.25) is 9.11 Å². The molecule has 0 amide bonds. The number of nitrogens with zero attached hydrogens (tertiary/aromatic N) is 1. The second-order valence-corrected chi connectivity index (χ2v) is 12.8. The fourth-order valence-corrected chi connectivity index (χ4v) is 4.34. The minimum Gasteiger partial charge on any atom is -0.279 e.